The van der Waals surface area contributed by atoms with Crippen LogP contribution >= 0.6 is 11.6 Å². The van der Waals surface area contributed by atoms with Gasteiger partial charge in [-0.05, 0) is 36.4 Å². The lowest BCUT2D eigenvalue weighted by molar-refractivity contribution is -0.116. The summed E-state index contributed by atoms with van der Waals surface area (Å²) in [6, 6.07) is 17.0. The molecule has 3 aromatic rings. The van der Waals surface area contributed by atoms with Gasteiger partial charge in [0, 0.05) is 34.7 Å². The molecule has 1 amide bonds. The minimum Gasteiger partial charge on any atom is -0.492 e. The minimum absolute atomic E-state index is 0.0674. The molecule has 0 atom stereocenters. The van der Waals surface area contributed by atoms with Crippen LogP contribution in [0.1, 0.15) is 5.56 Å². The van der Waals surface area contributed by atoms with Gasteiger partial charge in [0.2, 0.25) is 0 Å². The van der Waals surface area contributed by atoms with E-state index in [0.29, 0.717) is 18.2 Å². The topological polar surface area (TPSA) is 67.0 Å². The van der Waals surface area contributed by atoms with Gasteiger partial charge >= 0.3 is 0 Å². The van der Waals surface area contributed by atoms with Crippen molar-refractivity contribution in [2.45, 2.75) is 6.54 Å². The quantitative estimate of drug-likeness (QED) is 0.519. The number of fused-ring (bicyclic) bond motifs is 1. The summed E-state index contributed by atoms with van der Waals surface area (Å²) < 4.78 is 7.82. The van der Waals surface area contributed by atoms with Gasteiger partial charge in [0.1, 0.15) is 24.0 Å². The number of halogens is 1. The van der Waals surface area contributed by atoms with E-state index in [-0.39, 0.29) is 5.57 Å². The molecular weight excluding hydrogens is 362 g/mol. The van der Waals surface area contributed by atoms with E-state index in [4.69, 9.17) is 16.3 Å². The number of amides is 1. The molecule has 0 aliphatic heterocycles. The Morgan fingerprint density at radius 1 is 1.26 bits per heavy atom. The van der Waals surface area contributed by atoms with Crippen molar-refractivity contribution in [3.63, 3.8) is 0 Å². The summed E-state index contributed by atoms with van der Waals surface area (Å²) >= 11 is 5.88. The fourth-order valence-corrected chi connectivity index (χ4v) is 2.93. The highest BCUT2D eigenvalue weighted by molar-refractivity contribution is 6.30. The zero-order valence-electron chi connectivity index (χ0n) is 14.8. The second kappa shape index (κ2) is 8.43. The second-order valence-electron chi connectivity index (χ2n) is 5.85. The number of para-hydroxylation sites is 1. The number of nitrogens with zero attached hydrogens (tertiary/aromatic N) is 2. The van der Waals surface area contributed by atoms with Crippen LogP contribution in [-0.4, -0.2) is 24.1 Å². The van der Waals surface area contributed by atoms with Gasteiger partial charge in [-0.2, -0.15) is 5.26 Å². The Morgan fingerprint density at radius 3 is 2.70 bits per heavy atom. The maximum absolute atomic E-state index is 11.8. The maximum Gasteiger partial charge on any atom is 0.261 e. The summed E-state index contributed by atoms with van der Waals surface area (Å²) in [5.41, 5.74) is 1.90. The summed E-state index contributed by atoms with van der Waals surface area (Å²) in [4.78, 5) is 11.8. The highest BCUT2D eigenvalue weighted by Gasteiger charge is 2.11. The van der Waals surface area contributed by atoms with E-state index >= 15 is 0 Å². The molecule has 27 heavy (non-hydrogen) atoms. The monoisotopic (exact) mass is 379 g/mol. The van der Waals surface area contributed by atoms with Gasteiger partial charge in [0.15, 0.2) is 0 Å². The maximum atomic E-state index is 11.8. The lowest BCUT2D eigenvalue weighted by Crippen LogP contribution is -2.19. The molecule has 1 heterocycles. The normalized spacial score (nSPS) is 11.2. The molecule has 0 radical (unpaired) electrons. The largest absolute Gasteiger partial charge is 0.492 e. The van der Waals surface area contributed by atoms with Crippen molar-refractivity contribution < 1.29 is 9.53 Å². The fourth-order valence-electron chi connectivity index (χ4n) is 2.81. The first kappa shape index (κ1) is 18.6. The first-order chi connectivity index (χ1) is 13.1. The first-order valence-corrected chi connectivity index (χ1v) is 8.80. The van der Waals surface area contributed by atoms with Crippen LogP contribution in [0.2, 0.25) is 5.02 Å². The highest BCUT2D eigenvalue weighted by atomic mass is 35.5. The first-order valence-electron chi connectivity index (χ1n) is 8.42. The summed E-state index contributed by atoms with van der Waals surface area (Å²) in [7, 11) is 1.50. The molecule has 0 unspecified atom stereocenters. The van der Waals surface area contributed by atoms with Gasteiger partial charge in [0.05, 0.1) is 6.54 Å². The van der Waals surface area contributed by atoms with Gasteiger partial charge in [0.25, 0.3) is 5.91 Å². The van der Waals surface area contributed by atoms with E-state index in [0.717, 1.165) is 22.2 Å². The Morgan fingerprint density at radius 2 is 2.00 bits per heavy atom. The predicted molar refractivity (Wildman–Crippen MR) is 107 cm³/mol. The third-order valence-corrected chi connectivity index (χ3v) is 4.38. The molecule has 0 saturated heterocycles. The molecule has 6 heteroatoms. The van der Waals surface area contributed by atoms with Crippen LogP contribution in [0.4, 0.5) is 0 Å². The second-order valence-corrected chi connectivity index (χ2v) is 6.28. The molecule has 1 aromatic heterocycles. The van der Waals surface area contributed by atoms with E-state index in [9.17, 15) is 10.1 Å². The molecule has 0 aliphatic rings. The van der Waals surface area contributed by atoms with Gasteiger partial charge in [-0.15, -0.1) is 0 Å². The van der Waals surface area contributed by atoms with Crippen molar-refractivity contribution in [1.29, 1.82) is 5.26 Å². The average Bonchev–Trinajstić information content (AvgIpc) is 3.05. The Hall–Kier alpha value is -3.23. The molecule has 0 bridgehead atoms. The van der Waals surface area contributed by atoms with Crippen molar-refractivity contribution in [3.8, 4) is 11.8 Å². The molecular formula is C21H18ClN3O2. The molecule has 2 aromatic carbocycles. The number of hydrogen-bond donors (Lipinski definition) is 1. The number of carbonyl (C=O) groups is 1. The lowest BCUT2D eigenvalue weighted by atomic mass is 10.1. The highest BCUT2D eigenvalue weighted by Crippen LogP contribution is 2.24. The standard InChI is InChI=1S/C21H18ClN3O2/c1-24-21(26)15(13-23)12-16-14-25(20-5-3-2-4-19(16)20)10-11-27-18-8-6-17(22)7-9-18/h2-9,12,14H,10-11H2,1H3,(H,24,26). The van der Waals surface area contributed by atoms with E-state index in [1.54, 1.807) is 18.2 Å². The Balaban J connectivity index is 1.84. The van der Waals surface area contributed by atoms with E-state index in [2.05, 4.69) is 9.88 Å². The molecule has 3 rings (SSSR count). The van der Waals surface area contributed by atoms with Gasteiger partial charge in [-0.25, -0.2) is 0 Å². The number of rotatable bonds is 6. The molecule has 0 saturated carbocycles. The number of nitriles is 1. The van der Waals surface area contributed by atoms with Crippen molar-refractivity contribution in [3.05, 3.63) is 70.9 Å². The molecule has 1 N–H and O–H groups in total. The minimum atomic E-state index is -0.402. The molecule has 0 aliphatic carbocycles. The Labute approximate surface area is 162 Å². The lowest BCUT2D eigenvalue weighted by Gasteiger charge is -2.08. The third kappa shape index (κ3) is 4.30. The number of carbonyl (C=O) groups excluding carboxylic acids is 1. The number of benzene rings is 2. The Bertz CT molecular complexity index is 1030. The fraction of sp³-hybridized carbons (Fsp3) is 0.143. The van der Waals surface area contributed by atoms with Crippen molar-refractivity contribution in [1.82, 2.24) is 9.88 Å². The van der Waals surface area contributed by atoms with E-state index in [1.807, 2.05) is 48.7 Å². The number of ether oxygens (including phenoxy) is 1. The van der Waals surface area contributed by atoms with Gasteiger partial charge < -0.3 is 14.6 Å². The average molecular weight is 380 g/mol. The van der Waals surface area contributed by atoms with Crippen LogP contribution in [-0.2, 0) is 11.3 Å². The molecule has 136 valence electrons. The van der Waals surface area contributed by atoms with Crippen molar-refractivity contribution in [2.24, 2.45) is 0 Å². The summed E-state index contributed by atoms with van der Waals surface area (Å²) in [5, 5.41) is 13.4. The van der Waals surface area contributed by atoms with E-state index in [1.165, 1.54) is 7.05 Å². The van der Waals surface area contributed by atoms with Gasteiger partial charge in [-0.1, -0.05) is 29.8 Å². The number of likely N-dealkylation sites (N-methyl/N-ethyl adjacent to an activating group) is 1. The van der Waals surface area contributed by atoms with Gasteiger partial charge in [-0.3, -0.25) is 4.79 Å². The number of aromatic nitrogens is 1. The predicted octanol–water partition coefficient (Wildman–Crippen LogP) is 4.03. The Kier molecular flexibility index (Phi) is 5.80. The van der Waals surface area contributed by atoms with E-state index < -0.39 is 5.91 Å². The zero-order valence-corrected chi connectivity index (χ0v) is 15.5. The van der Waals surface area contributed by atoms with Crippen molar-refractivity contribution >= 4 is 34.5 Å². The van der Waals surface area contributed by atoms with Crippen molar-refractivity contribution in [2.75, 3.05) is 13.7 Å². The number of hydrogen-bond acceptors (Lipinski definition) is 3. The molecule has 0 fully saturated rings. The van der Waals surface area contributed by atoms with Crippen LogP contribution < -0.4 is 10.1 Å². The summed E-state index contributed by atoms with van der Waals surface area (Å²) in [6.45, 7) is 1.10. The summed E-state index contributed by atoms with van der Waals surface area (Å²) in [5.74, 6) is 0.350. The van der Waals surface area contributed by atoms with Crippen LogP contribution in [0, 0.1) is 11.3 Å². The molecule has 0 spiro atoms. The van der Waals surface area contributed by atoms with Crippen LogP contribution in [0.15, 0.2) is 60.3 Å². The molecule has 5 nitrogen and oxygen atoms in total. The van der Waals surface area contributed by atoms with Crippen LogP contribution in [0.25, 0.3) is 17.0 Å². The third-order valence-electron chi connectivity index (χ3n) is 4.13. The summed E-state index contributed by atoms with van der Waals surface area (Å²) in [6.07, 6.45) is 3.54. The van der Waals surface area contributed by atoms with Crippen LogP contribution in [0.5, 0.6) is 5.75 Å². The van der Waals surface area contributed by atoms with Crippen LogP contribution in [0.3, 0.4) is 0 Å². The zero-order chi connectivity index (χ0) is 19.2. The SMILES string of the molecule is CNC(=O)C(C#N)=Cc1cn(CCOc2ccc(Cl)cc2)c2ccccc12. The number of nitrogens with one attached hydrogen (secondary N) is 1. The smallest absolute Gasteiger partial charge is 0.261 e.